The third-order valence-corrected chi connectivity index (χ3v) is 6.20. The van der Waals surface area contributed by atoms with E-state index in [-0.39, 0.29) is 0 Å². The van der Waals surface area contributed by atoms with Crippen LogP contribution in [0.25, 0.3) is 0 Å². The molecule has 0 aromatic carbocycles. The van der Waals surface area contributed by atoms with Crippen molar-refractivity contribution in [2.24, 2.45) is 11.8 Å². The maximum Gasteiger partial charge on any atom is 0.219 e. The van der Waals surface area contributed by atoms with Crippen LogP contribution in [0.15, 0.2) is 4.42 Å². The minimum Gasteiger partial charge on any atom is -0.425 e. The van der Waals surface area contributed by atoms with Gasteiger partial charge in [-0.1, -0.05) is 6.42 Å². The average Bonchev–Trinajstić information content (AvgIpc) is 3.10. The largest absolute Gasteiger partial charge is 0.425 e. The highest BCUT2D eigenvalue weighted by Gasteiger charge is 2.43. The summed E-state index contributed by atoms with van der Waals surface area (Å²) in [5.74, 6) is 3.58. The van der Waals surface area contributed by atoms with Crippen molar-refractivity contribution in [2.45, 2.75) is 63.0 Å². The van der Waals surface area contributed by atoms with Crippen LogP contribution in [0.2, 0.25) is 0 Å². The highest BCUT2D eigenvalue weighted by molar-refractivity contribution is 5.02. The van der Waals surface area contributed by atoms with Crippen molar-refractivity contribution in [1.29, 1.82) is 0 Å². The number of rotatable bonds is 4. The van der Waals surface area contributed by atoms with Crippen LogP contribution < -0.4 is 0 Å². The number of likely N-dealkylation sites (tertiary alicyclic amines) is 1. The number of aromatic nitrogens is 2. The zero-order valence-corrected chi connectivity index (χ0v) is 13.1. The van der Waals surface area contributed by atoms with Gasteiger partial charge < -0.3 is 14.1 Å². The molecule has 4 aliphatic rings. The van der Waals surface area contributed by atoms with Crippen LogP contribution in [0.3, 0.4) is 0 Å². The second kappa shape index (κ2) is 5.31. The molecule has 1 aromatic rings. The van der Waals surface area contributed by atoms with E-state index < -0.39 is 0 Å². The van der Waals surface area contributed by atoms with Crippen LogP contribution in [0.4, 0.5) is 0 Å². The van der Waals surface area contributed by atoms with Gasteiger partial charge >= 0.3 is 0 Å². The van der Waals surface area contributed by atoms with Crippen LogP contribution in [-0.4, -0.2) is 46.9 Å². The number of fused-ring (bicyclic) bond motifs is 1. The van der Waals surface area contributed by atoms with Gasteiger partial charge in [0.1, 0.15) is 0 Å². The van der Waals surface area contributed by atoms with E-state index in [0.717, 1.165) is 30.9 Å². The van der Waals surface area contributed by atoms with Crippen molar-refractivity contribution in [3.8, 4) is 0 Å². The quantitative estimate of drug-likeness (QED) is 0.855. The lowest BCUT2D eigenvalue weighted by Gasteiger charge is -2.43. The predicted octanol–water partition coefficient (Wildman–Crippen LogP) is 2.38. The van der Waals surface area contributed by atoms with Gasteiger partial charge in [-0.3, -0.25) is 0 Å². The second-order valence-electron chi connectivity index (χ2n) is 7.68. The first-order chi connectivity index (χ1) is 10.9. The Balaban J connectivity index is 1.21. The molecule has 3 atom stereocenters. The first kappa shape index (κ1) is 13.5. The van der Waals surface area contributed by atoms with Crippen LogP contribution >= 0.6 is 0 Å². The molecule has 4 fully saturated rings. The van der Waals surface area contributed by atoms with Gasteiger partial charge in [0.05, 0.1) is 19.1 Å². The third-order valence-electron chi connectivity index (χ3n) is 6.20. The standard InChI is InChI=1S/C17H25N3O2/c1-2-13(3-1)20-7-6-14-12(9-20)10-21-15(14)8-16-18-19-17(22-16)11-4-5-11/h11-15H,1-10H2/t12-,14-,15-/m1/s1. The zero-order chi connectivity index (χ0) is 14.5. The van der Waals surface area contributed by atoms with E-state index in [1.54, 1.807) is 0 Å². The van der Waals surface area contributed by atoms with Gasteiger partial charge in [0.25, 0.3) is 0 Å². The molecule has 0 amide bonds. The van der Waals surface area contributed by atoms with Crippen LogP contribution in [0, 0.1) is 11.8 Å². The summed E-state index contributed by atoms with van der Waals surface area (Å²) in [5, 5.41) is 8.43. The molecular formula is C17H25N3O2. The van der Waals surface area contributed by atoms with Gasteiger partial charge in [-0.05, 0) is 44.6 Å². The van der Waals surface area contributed by atoms with Gasteiger partial charge in [-0.15, -0.1) is 10.2 Å². The van der Waals surface area contributed by atoms with E-state index in [4.69, 9.17) is 9.15 Å². The molecule has 2 aliphatic carbocycles. The fourth-order valence-electron chi connectivity index (χ4n) is 4.43. The number of piperidine rings is 1. The predicted molar refractivity (Wildman–Crippen MR) is 80.5 cm³/mol. The molecule has 1 aromatic heterocycles. The summed E-state index contributed by atoms with van der Waals surface area (Å²) in [7, 11) is 0. The maximum absolute atomic E-state index is 6.11. The normalized spacial score (nSPS) is 36.3. The Kier molecular flexibility index (Phi) is 3.25. The lowest BCUT2D eigenvalue weighted by molar-refractivity contribution is 0.0529. The summed E-state index contributed by atoms with van der Waals surface area (Å²) in [6.07, 6.45) is 9.04. The molecular weight excluding hydrogens is 278 g/mol. The minimum atomic E-state index is 0.293. The number of ether oxygens (including phenoxy) is 1. The average molecular weight is 303 g/mol. The van der Waals surface area contributed by atoms with Gasteiger partial charge in [-0.2, -0.15) is 0 Å². The van der Waals surface area contributed by atoms with Crippen molar-refractivity contribution in [1.82, 2.24) is 15.1 Å². The molecule has 5 rings (SSSR count). The SMILES string of the molecule is C1CC(N2CC[C@@H]3[C@@H](CO[C@@H]3Cc3nnc(C4CC4)o3)C2)C1. The molecule has 0 spiro atoms. The van der Waals surface area contributed by atoms with Gasteiger partial charge in [0.15, 0.2) is 0 Å². The number of hydrogen-bond acceptors (Lipinski definition) is 5. The summed E-state index contributed by atoms with van der Waals surface area (Å²) in [5.41, 5.74) is 0. The number of nitrogens with zero attached hydrogens (tertiary/aromatic N) is 3. The highest BCUT2D eigenvalue weighted by atomic mass is 16.5. The molecule has 0 unspecified atom stereocenters. The molecule has 5 nitrogen and oxygen atoms in total. The molecule has 120 valence electrons. The fourth-order valence-corrected chi connectivity index (χ4v) is 4.43. The Morgan fingerprint density at radius 3 is 2.77 bits per heavy atom. The summed E-state index contributed by atoms with van der Waals surface area (Å²) in [6.45, 7) is 3.41. The Morgan fingerprint density at radius 2 is 2.00 bits per heavy atom. The van der Waals surface area contributed by atoms with Crippen molar-refractivity contribution in [3.05, 3.63) is 11.8 Å². The summed E-state index contributed by atoms with van der Waals surface area (Å²) >= 11 is 0. The monoisotopic (exact) mass is 303 g/mol. The van der Waals surface area contributed by atoms with Crippen LogP contribution in [0.1, 0.15) is 56.2 Å². The molecule has 0 N–H and O–H groups in total. The molecule has 0 radical (unpaired) electrons. The van der Waals surface area contributed by atoms with E-state index in [9.17, 15) is 0 Å². The molecule has 2 aliphatic heterocycles. The fraction of sp³-hybridized carbons (Fsp3) is 0.882. The van der Waals surface area contributed by atoms with E-state index >= 15 is 0 Å². The Labute approximate surface area is 131 Å². The smallest absolute Gasteiger partial charge is 0.219 e. The first-order valence-corrected chi connectivity index (χ1v) is 9.05. The van der Waals surface area contributed by atoms with E-state index in [2.05, 4.69) is 15.1 Å². The second-order valence-corrected chi connectivity index (χ2v) is 7.68. The van der Waals surface area contributed by atoms with Crippen molar-refractivity contribution >= 4 is 0 Å². The Bertz CT molecular complexity index is 538. The molecule has 5 heteroatoms. The Morgan fingerprint density at radius 1 is 1.09 bits per heavy atom. The van der Waals surface area contributed by atoms with Gasteiger partial charge in [0.2, 0.25) is 11.8 Å². The number of hydrogen-bond donors (Lipinski definition) is 0. The topological polar surface area (TPSA) is 51.4 Å². The van der Waals surface area contributed by atoms with Crippen molar-refractivity contribution < 1.29 is 9.15 Å². The van der Waals surface area contributed by atoms with E-state index in [0.29, 0.717) is 23.9 Å². The summed E-state index contributed by atoms with van der Waals surface area (Å²) < 4.78 is 11.9. The van der Waals surface area contributed by atoms with Crippen molar-refractivity contribution in [3.63, 3.8) is 0 Å². The molecule has 0 bridgehead atoms. The van der Waals surface area contributed by atoms with E-state index in [1.165, 1.54) is 51.6 Å². The van der Waals surface area contributed by atoms with Gasteiger partial charge in [0, 0.05) is 24.4 Å². The maximum atomic E-state index is 6.11. The lowest BCUT2D eigenvalue weighted by Crippen LogP contribution is -2.49. The van der Waals surface area contributed by atoms with Gasteiger partial charge in [-0.25, -0.2) is 0 Å². The Hall–Kier alpha value is -0.940. The molecule has 2 saturated heterocycles. The van der Waals surface area contributed by atoms with Crippen LogP contribution in [0.5, 0.6) is 0 Å². The lowest BCUT2D eigenvalue weighted by atomic mass is 9.81. The summed E-state index contributed by atoms with van der Waals surface area (Å²) in [6, 6.07) is 0.872. The first-order valence-electron chi connectivity index (χ1n) is 9.05. The third kappa shape index (κ3) is 2.38. The minimum absolute atomic E-state index is 0.293. The van der Waals surface area contributed by atoms with Crippen molar-refractivity contribution in [2.75, 3.05) is 19.7 Å². The zero-order valence-electron chi connectivity index (χ0n) is 13.1. The highest BCUT2D eigenvalue weighted by Crippen LogP contribution is 2.40. The summed E-state index contributed by atoms with van der Waals surface area (Å²) in [4.78, 5) is 2.72. The molecule has 22 heavy (non-hydrogen) atoms. The molecule has 3 heterocycles. The molecule has 2 saturated carbocycles. The van der Waals surface area contributed by atoms with Crippen LogP contribution in [-0.2, 0) is 11.2 Å². The van der Waals surface area contributed by atoms with E-state index in [1.807, 2.05) is 0 Å².